The van der Waals surface area contributed by atoms with Crippen molar-refractivity contribution in [3.63, 3.8) is 0 Å². The molecule has 0 aliphatic carbocycles. The first-order valence-electron chi connectivity index (χ1n) is 7.25. The molecule has 2 atom stereocenters. The van der Waals surface area contributed by atoms with Crippen molar-refractivity contribution in [3.8, 4) is 0 Å². The maximum absolute atomic E-state index is 11.5. The maximum atomic E-state index is 11.5. The monoisotopic (exact) mass is 265 g/mol. The van der Waals surface area contributed by atoms with E-state index in [0.29, 0.717) is 18.9 Å². The van der Waals surface area contributed by atoms with Crippen LogP contribution in [0.25, 0.3) is 0 Å². The van der Waals surface area contributed by atoms with Gasteiger partial charge in [0.05, 0.1) is 7.85 Å². The molecule has 2 aliphatic heterocycles. The van der Waals surface area contributed by atoms with Crippen LogP contribution in [0.2, 0.25) is 6.32 Å². The van der Waals surface area contributed by atoms with Crippen LogP contribution in [-0.4, -0.2) is 61.6 Å². The van der Waals surface area contributed by atoms with E-state index in [0.717, 1.165) is 45.3 Å². The average molecular weight is 265 g/mol. The summed E-state index contributed by atoms with van der Waals surface area (Å²) in [4.78, 5) is 13.8. The predicted octanol–water partition coefficient (Wildman–Crippen LogP) is -0.181. The lowest BCUT2D eigenvalue weighted by molar-refractivity contribution is -0.144. The molecule has 4 N–H and O–H groups in total. The van der Waals surface area contributed by atoms with Crippen LogP contribution in [0.4, 0.5) is 0 Å². The molecule has 2 saturated heterocycles. The molecule has 2 fully saturated rings. The van der Waals surface area contributed by atoms with E-state index in [2.05, 4.69) is 10.2 Å². The zero-order chi connectivity index (χ0) is 13.9. The topological polar surface area (TPSA) is 78.6 Å². The fourth-order valence-corrected chi connectivity index (χ4v) is 3.38. The molecule has 2 rings (SSSR count). The van der Waals surface area contributed by atoms with E-state index in [-0.39, 0.29) is 5.92 Å². The highest BCUT2D eigenvalue weighted by atomic mass is 16.4. The number of likely N-dealkylation sites (tertiary alicyclic amines) is 1. The fourth-order valence-electron chi connectivity index (χ4n) is 3.38. The molecule has 5 nitrogen and oxygen atoms in total. The lowest BCUT2D eigenvalue weighted by Gasteiger charge is -2.32. The molecule has 2 aliphatic rings. The summed E-state index contributed by atoms with van der Waals surface area (Å²) in [5.41, 5.74) is 5.09. The minimum absolute atomic E-state index is 0.0171. The van der Waals surface area contributed by atoms with Crippen LogP contribution in [0, 0.1) is 5.92 Å². The van der Waals surface area contributed by atoms with Gasteiger partial charge in [-0.1, -0.05) is 12.7 Å². The first-order chi connectivity index (χ1) is 9.08. The zero-order valence-electron chi connectivity index (χ0n) is 11.5. The van der Waals surface area contributed by atoms with Crippen LogP contribution in [0.15, 0.2) is 0 Å². The van der Waals surface area contributed by atoms with Gasteiger partial charge in [0.15, 0.2) is 0 Å². The molecule has 0 unspecified atom stereocenters. The van der Waals surface area contributed by atoms with Gasteiger partial charge in [-0.3, -0.25) is 9.69 Å². The first kappa shape index (κ1) is 14.8. The van der Waals surface area contributed by atoms with Crippen molar-refractivity contribution in [1.82, 2.24) is 10.2 Å². The van der Waals surface area contributed by atoms with E-state index in [1.165, 1.54) is 0 Å². The van der Waals surface area contributed by atoms with E-state index in [4.69, 9.17) is 13.6 Å². The third kappa shape index (κ3) is 3.12. The number of nitrogens with zero attached hydrogens (tertiary/aromatic N) is 1. The van der Waals surface area contributed by atoms with Crippen LogP contribution < -0.4 is 11.1 Å². The van der Waals surface area contributed by atoms with E-state index in [1.54, 1.807) is 0 Å². The van der Waals surface area contributed by atoms with Crippen LogP contribution in [0.5, 0.6) is 0 Å². The highest BCUT2D eigenvalue weighted by molar-refractivity contribution is 6.08. The molecule has 0 amide bonds. The molecule has 2 heterocycles. The van der Waals surface area contributed by atoms with Gasteiger partial charge >= 0.3 is 5.97 Å². The molecule has 6 heteroatoms. The Balaban J connectivity index is 2.03. The number of piperidine rings is 1. The maximum Gasteiger partial charge on any atom is 0.325 e. The average Bonchev–Trinajstić information content (AvgIpc) is 2.76. The summed E-state index contributed by atoms with van der Waals surface area (Å²) in [6.07, 6.45) is 4.41. The van der Waals surface area contributed by atoms with Gasteiger partial charge in [0.25, 0.3) is 0 Å². The quantitative estimate of drug-likeness (QED) is 0.601. The molecule has 0 aromatic heterocycles. The molecular formula is C13H24BN3O2. The summed E-state index contributed by atoms with van der Waals surface area (Å²) in [5, 5.41) is 12.8. The third-order valence-electron chi connectivity index (χ3n) is 4.63. The van der Waals surface area contributed by atoms with Gasteiger partial charge in [0, 0.05) is 25.0 Å². The van der Waals surface area contributed by atoms with E-state index in [1.807, 2.05) is 0 Å². The number of nitrogens with one attached hydrogen (secondary N) is 1. The van der Waals surface area contributed by atoms with Crippen molar-refractivity contribution in [3.05, 3.63) is 0 Å². The van der Waals surface area contributed by atoms with Crippen LogP contribution in [0.3, 0.4) is 0 Å². The Hall–Kier alpha value is -0.585. The molecule has 0 aromatic carbocycles. The third-order valence-corrected chi connectivity index (χ3v) is 4.63. The summed E-state index contributed by atoms with van der Waals surface area (Å²) in [7, 11) is 5.54. The SMILES string of the molecule is [B]CCC[C@H]1CN(C2CCNCC2)C[C@@]1(N)C(=O)O. The summed E-state index contributed by atoms with van der Waals surface area (Å²) < 4.78 is 0. The normalized spacial score (nSPS) is 33.6. The number of carbonyl (C=O) groups is 1. The lowest BCUT2D eigenvalue weighted by Crippen LogP contribution is -2.55. The van der Waals surface area contributed by atoms with Gasteiger partial charge in [-0.25, -0.2) is 0 Å². The molecule has 2 radical (unpaired) electrons. The second-order valence-corrected chi connectivity index (χ2v) is 5.88. The number of carboxylic acids is 1. The van der Waals surface area contributed by atoms with Gasteiger partial charge in [-0.05, 0) is 32.4 Å². The molecule has 19 heavy (non-hydrogen) atoms. The number of nitrogens with two attached hydrogens (primary N) is 1. The summed E-state index contributed by atoms with van der Waals surface area (Å²) in [6.45, 7) is 3.30. The Morgan fingerprint density at radius 2 is 2.16 bits per heavy atom. The number of hydrogen-bond donors (Lipinski definition) is 3. The van der Waals surface area contributed by atoms with E-state index < -0.39 is 11.5 Å². The summed E-state index contributed by atoms with van der Waals surface area (Å²) in [5.74, 6) is -0.852. The van der Waals surface area contributed by atoms with Gasteiger partial charge in [0.1, 0.15) is 5.54 Å². The smallest absolute Gasteiger partial charge is 0.325 e. The van der Waals surface area contributed by atoms with Gasteiger partial charge < -0.3 is 16.2 Å². The molecule has 106 valence electrons. The van der Waals surface area contributed by atoms with Crippen molar-refractivity contribution < 1.29 is 9.90 Å². The second kappa shape index (κ2) is 6.24. The minimum Gasteiger partial charge on any atom is -0.480 e. The van der Waals surface area contributed by atoms with Crippen molar-refractivity contribution >= 4 is 13.8 Å². The van der Waals surface area contributed by atoms with Gasteiger partial charge in [0.2, 0.25) is 0 Å². The van der Waals surface area contributed by atoms with E-state index in [9.17, 15) is 9.90 Å². The molecule has 0 aromatic rings. The Bertz CT molecular complexity index is 323. The van der Waals surface area contributed by atoms with Crippen LogP contribution in [0.1, 0.15) is 25.7 Å². The minimum atomic E-state index is -1.10. The number of rotatable bonds is 5. The van der Waals surface area contributed by atoms with E-state index >= 15 is 0 Å². The molecule has 0 bridgehead atoms. The highest BCUT2D eigenvalue weighted by Gasteiger charge is 2.50. The van der Waals surface area contributed by atoms with Gasteiger partial charge in [-0.2, -0.15) is 0 Å². The Morgan fingerprint density at radius 1 is 1.47 bits per heavy atom. The Kier molecular flexibility index (Phi) is 4.87. The summed E-state index contributed by atoms with van der Waals surface area (Å²) in [6, 6.07) is 0.478. The molecular weight excluding hydrogens is 241 g/mol. The van der Waals surface area contributed by atoms with Crippen LogP contribution >= 0.6 is 0 Å². The zero-order valence-corrected chi connectivity index (χ0v) is 11.5. The largest absolute Gasteiger partial charge is 0.480 e. The van der Waals surface area contributed by atoms with Crippen molar-refractivity contribution in [2.75, 3.05) is 26.2 Å². The number of carboxylic acid groups (broad SMARTS) is 1. The van der Waals surface area contributed by atoms with Gasteiger partial charge in [-0.15, -0.1) is 0 Å². The highest BCUT2D eigenvalue weighted by Crippen LogP contribution is 2.32. The van der Waals surface area contributed by atoms with Crippen molar-refractivity contribution in [2.45, 2.75) is 43.6 Å². The Morgan fingerprint density at radius 3 is 2.74 bits per heavy atom. The number of aliphatic carboxylic acids is 1. The summed E-state index contributed by atoms with van der Waals surface area (Å²) >= 11 is 0. The van der Waals surface area contributed by atoms with Crippen molar-refractivity contribution in [1.29, 1.82) is 0 Å². The number of hydrogen-bond acceptors (Lipinski definition) is 4. The van der Waals surface area contributed by atoms with Crippen molar-refractivity contribution in [2.24, 2.45) is 11.7 Å². The fraction of sp³-hybridized carbons (Fsp3) is 0.923. The predicted molar refractivity (Wildman–Crippen MR) is 75.3 cm³/mol. The standard InChI is InChI=1S/C13H24BN3O2/c14-5-1-2-10-8-17(9-13(10,15)12(18)19)11-3-6-16-7-4-11/h10-11,16H,1-9,15H2,(H,18,19)/t10-,13-/m0/s1. The van der Waals surface area contributed by atoms with Crippen LogP contribution in [-0.2, 0) is 4.79 Å². The molecule has 0 saturated carbocycles. The first-order valence-corrected chi connectivity index (χ1v) is 7.25. The lowest BCUT2D eigenvalue weighted by atomic mass is 9.83. The second-order valence-electron chi connectivity index (χ2n) is 5.88. The molecule has 0 spiro atoms. The Labute approximate surface area is 116 Å².